The number of hydrogen-bond donors (Lipinski definition) is 7. The topological polar surface area (TPSA) is 192 Å². The van der Waals surface area contributed by atoms with Crippen LogP contribution in [0.2, 0.25) is 0 Å². The number of nitrogens with zero attached hydrogens (tertiary/aromatic N) is 4. The first-order chi connectivity index (χ1) is 14.4. The number of aromatic hydroxyl groups is 2. The summed E-state index contributed by atoms with van der Waals surface area (Å²) in [6, 6.07) is 4.56. The van der Waals surface area contributed by atoms with E-state index >= 15 is 0 Å². The van der Waals surface area contributed by atoms with E-state index in [1.54, 1.807) is 6.07 Å². The van der Waals surface area contributed by atoms with Crippen LogP contribution in [-0.4, -0.2) is 76.5 Å². The molecule has 2 aromatic heterocycles. The van der Waals surface area contributed by atoms with Crippen LogP contribution in [0.4, 0.5) is 11.8 Å². The second-order valence-corrected chi connectivity index (χ2v) is 6.99. The van der Waals surface area contributed by atoms with E-state index in [4.69, 9.17) is 10.5 Å². The monoisotopic (exact) mass is 418 g/mol. The van der Waals surface area contributed by atoms with Crippen molar-refractivity contribution < 1.29 is 30.3 Å². The second-order valence-electron chi connectivity index (χ2n) is 6.99. The Morgan fingerprint density at radius 2 is 1.93 bits per heavy atom. The number of nitrogen functional groups attached to an aromatic ring is 1. The highest BCUT2D eigenvalue weighted by Gasteiger charge is 2.44. The first-order valence-corrected chi connectivity index (χ1v) is 9.26. The normalized spacial score (nSPS) is 23.8. The van der Waals surface area contributed by atoms with Gasteiger partial charge in [0.2, 0.25) is 5.95 Å². The lowest BCUT2D eigenvalue weighted by Crippen LogP contribution is -2.33. The van der Waals surface area contributed by atoms with Crippen LogP contribution in [0.5, 0.6) is 11.5 Å². The first-order valence-electron chi connectivity index (χ1n) is 9.26. The number of aromatic nitrogens is 4. The Balaban J connectivity index is 1.54. The van der Waals surface area contributed by atoms with Crippen LogP contribution in [0.25, 0.3) is 11.2 Å². The van der Waals surface area contributed by atoms with Gasteiger partial charge in [-0.05, 0) is 24.1 Å². The number of nitrogens with two attached hydrogens (primary N) is 1. The highest BCUT2D eigenvalue weighted by molar-refractivity contribution is 5.83. The van der Waals surface area contributed by atoms with Crippen LogP contribution in [0.15, 0.2) is 24.5 Å². The van der Waals surface area contributed by atoms with Crippen molar-refractivity contribution in [3.05, 3.63) is 30.1 Å². The number of fused-ring (bicyclic) bond motifs is 1. The van der Waals surface area contributed by atoms with E-state index in [0.717, 1.165) is 5.56 Å². The van der Waals surface area contributed by atoms with Crippen molar-refractivity contribution in [2.45, 2.75) is 31.0 Å². The fourth-order valence-corrected chi connectivity index (χ4v) is 3.36. The number of aliphatic hydroxyl groups excluding tert-OH is 3. The van der Waals surface area contributed by atoms with Gasteiger partial charge >= 0.3 is 0 Å². The van der Waals surface area contributed by atoms with Crippen molar-refractivity contribution in [1.29, 1.82) is 0 Å². The number of benzene rings is 1. The molecule has 3 aromatic rings. The molecule has 1 aliphatic heterocycles. The number of imidazole rings is 1. The number of ether oxygens (including phenoxy) is 1. The van der Waals surface area contributed by atoms with Gasteiger partial charge in [-0.15, -0.1) is 0 Å². The number of rotatable bonds is 6. The predicted molar refractivity (Wildman–Crippen MR) is 105 cm³/mol. The smallest absolute Gasteiger partial charge is 0.226 e. The zero-order chi connectivity index (χ0) is 21.4. The van der Waals surface area contributed by atoms with Gasteiger partial charge in [-0.1, -0.05) is 6.07 Å². The summed E-state index contributed by atoms with van der Waals surface area (Å²) in [6.07, 6.45) is -2.57. The minimum Gasteiger partial charge on any atom is -0.504 e. The Kier molecular flexibility index (Phi) is 5.30. The van der Waals surface area contributed by atoms with Crippen LogP contribution in [0.3, 0.4) is 0 Å². The van der Waals surface area contributed by atoms with E-state index in [-0.39, 0.29) is 23.3 Å². The predicted octanol–water partition coefficient (Wildman–Crippen LogP) is -0.914. The van der Waals surface area contributed by atoms with E-state index < -0.39 is 31.1 Å². The molecule has 1 fully saturated rings. The van der Waals surface area contributed by atoms with Crippen molar-refractivity contribution in [2.24, 2.45) is 0 Å². The molecule has 0 saturated carbocycles. The summed E-state index contributed by atoms with van der Waals surface area (Å²) >= 11 is 0. The van der Waals surface area contributed by atoms with Crippen molar-refractivity contribution >= 4 is 22.9 Å². The lowest BCUT2D eigenvalue weighted by molar-refractivity contribution is -0.0511. The molecule has 1 aliphatic rings. The number of phenolic OH excluding ortho intramolecular Hbond substituents is 2. The van der Waals surface area contributed by atoms with Crippen molar-refractivity contribution in [3.8, 4) is 11.5 Å². The number of nitrogens with one attached hydrogen (secondary N) is 1. The summed E-state index contributed by atoms with van der Waals surface area (Å²) in [5, 5.41) is 51.5. The highest BCUT2D eigenvalue weighted by atomic mass is 16.6. The third-order valence-electron chi connectivity index (χ3n) is 4.98. The van der Waals surface area contributed by atoms with Gasteiger partial charge in [-0.25, -0.2) is 4.98 Å². The summed E-state index contributed by atoms with van der Waals surface area (Å²) in [5.41, 5.74) is 7.38. The summed E-state index contributed by atoms with van der Waals surface area (Å²) < 4.78 is 6.97. The quantitative estimate of drug-likeness (QED) is 0.245. The van der Waals surface area contributed by atoms with E-state index in [0.29, 0.717) is 24.1 Å². The molecule has 12 nitrogen and oxygen atoms in total. The summed E-state index contributed by atoms with van der Waals surface area (Å²) in [7, 11) is 0. The standard InChI is InChI=1S/C18H22N6O6/c19-15-12-16(24(7-21-12)17-14(29)13(28)11(6-25)30-17)23-18(22-15)20-4-3-8-1-2-9(26)10(27)5-8/h1-2,5,7,11,13-14,17,25-29H,3-4,6H2,(H3,19,20,22,23)/t11-,13-,14-,17-/m1/s1. The second kappa shape index (κ2) is 7.91. The molecule has 160 valence electrons. The van der Waals surface area contributed by atoms with Crippen LogP contribution in [0, 0.1) is 0 Å². The Labute approximate surface area is 170 Å². The summed E-state index contributed by atoms with van der Waals surface area (Å²) in [5.74, 6) is -0.0463. The largest absolute Gasteiger partial charge is 0.504 e. The van der Waals surface area contributed by atoms with Crippen molar-refractivity contribution in [1.82, 2.24) is 19.5 Å². The van der Waals surface area contributed by atoms with Gasteiger partial charge in [0.05, 0.1) is 12.9 Å². The maximum atomic E-state index is 10.3. The fraction of sp³-hybridized carbons (Fsp3) is 0.389. The van der Waals surface area contributed by atoms with Gasteiger partial charge < -0.3 is 41.3 Å². The first kappa shape index (κ1) is 20.1. The Hall–Kier alpha value is -3.19. The molecule has 0 radical (unpaired) electrons. The molecule has 0 bridgehead atoms. The number of anilines is 2. The summed E-state index contributed by atoms with van der Waals surface area (Å²) in [6.45, 7) is -0.0325. The molecule has 0 unspecified atom stereocenters. The molecule has 1 aromatic carbocycles. The molecule has 4 rings (SSSR count). The van der Waals surface area contributed by atoms with Crippen molar-refractivity contribution in [2.75, 3.05) is 24.2 Å². The molecule has 12 heteroatoms. The van der Waals surface area contributed by atoms with Gasteiger partial charge in [-0.2, -0.15) is 9.97 Å². The van der Waals surface area contributed by atoms with Crippen LogP contribution in [-0.2, 0) is 11.2 Å². The number of hydrogen-bond acceptors (Lipinski definition) is 11. The van der Waals surface area contributed by atoms with Gasteiger partial charge in [0.25, 0.3) is 0 Å². The SMILES string of the molecule is Nc1nc(NCCc2ccc(O)c(O)c2)nc2c1ncn2[C@@H]1O[C@H](CO)[C@@H](O)[C@H]1O. The molecule has 0 amide bonds. The molecule has 3 heterocycles. The van der Waals surface area contributed by atoms with Crippen LogP contribution < -0.4 is 11.1 Å². The Morgan fingerprint density at radius 1 is 1.13 bits per heavy atom. The molecule has 8 N–H and O–H groups in total. The molecule has 4 atom stereocenters. The molecule has 0 aliphatic carbocycles. The van der Waals surface area contributed by atoms with E-state index in [9.17, 15) is 25.5 Å². The third-order valence-corrected chi connectivity index (χ3v) is 4.98. The van der Waals surface area contributed by atoms with Gasteiger partial charge in [-0.3, -0.25) is 4.57 Å². The van der Waals surface area contributed by atoms with Crippen LogP contribution in [0.1, 0.15) is 11.8 Å². The number of aliphatic hydroxyl groups is 3. The zero-order valence-corrected chi connectivity index (χ0v) is 15.8. The Morgan fingerprint density at radius 3 is 2.63 bits per heavy atom. The van der Waals surface area contributed by atoms with Gasteiger partial charge in [0.15, 0.2) is 29.2 Å². The zero-order valence-electron chi connectivity index (χ0n) is 15.8. The van der Waals surface area contributed by atoms with Crippen LogP contribution >= 0.6 is 0 Å². The average Bonchev–Trinajstić information content (AvgIpc) is 3.26. The molecular weight excluding hydrogens is 396 g/mol. The van der Waals surface area contributed by atoms with E-state index in [1.807, 2.05) is 0 Å². The van der Waals surface area contributed by atoms with E-state index in [1.165, 1.54) is 23.0 Å². The van der Waals surface area contributed by atoms with E-state index in [2.05, 4.69) is 20.3 Å². The lowest BCUT2D eigenvalue weighted by Gasteiger charge is -2.16. The highest BCUT2D eigenvalue weighted by Crippen LogP contribution is 2.32. The fourth-order valence-electron chi connectivity index (χ4n) is 3.36. The average molecular weight is 418 g/mol. The minimum absolute atomic E-state index is 0.121. The molecule has 30 heavy (non-hydrogen) atoms. The van der Waals surface area contributed by atoms with Gasteiger partial charge in [0, 0.05) is 6.54 Å². The maximum Gasteiger partial charge on any atom is 0.226 e. The van der Waals surface area contributed by atoms with Gasteiger partial charge in [0.1, 0.15) is 23.8 Å². The molecule has 0 spiro atoms. The Bertz CT molecular complexity index is 1060. The number of phenols is 2. The summed E-state index contributed by atoms with van der Waals surface area (Å²) in [4.78, 5) is 12.7. The van der Waals surface area contributed by atoms with Crippen molar-refractivity contribution in [3.63, 3.8) is 0 Å². The molecule has 1 saturated heterocycles. The minimum atomic E-state index is -1.28. The molecular formula is C18H22N6O6. The lowest BCUT2D eigenvalue weighted by atomic mass is 10.1. The maximum absolute atomic E-state index is 10.3. The third kappa shape index (κ3) is 3.57.